The predicted molar refractivity (Wildman–Crippen MR) is 77.6 cm³/mol. The van der Waals surface area contributed by atoms with Crippen molar-refractivity contribution in [2.45, 2.75) is 13.8 Å². The lowest BCUT2D eigenvalue weighted by Crippen LogP contribution is -2.02. The smallest absolute Gasteiger partial charge is 0.231 e. The fourth-order valence-corrected chi connectivity index (χ4v) is 2.36. The average Bonchev–Trinajstić information content (AvgIpc) is 2.90. The van der Waals surface area contributed by atoms with E-state index in [9.17, 15) is 0 Å². The van der Waals surface area contributed by atoms with Crippen molar-refractivity contribution in [3.05, 3.63) is 28.4 Å². The summed E-state index contributed by atoms with van der Waals surface area (Å²) in [6.45, 7) is 4.13. The average molecular weight is 292 g/mol. The zero-order valence-electron chi connectivity index (χ0n) is 11.5. The zero-order valence-corrected chi connectivity index (χ0v) is 12.2. The van der Waals surface area contributed by atoms with Crippen LogP contribution in [-0.2, 0) is 0 Å². The first kappa shape index (κ1) is 13.0. The van der Waals surface area contributed by atoms with Gasteiger partial charge in [0.1, 0.15) is 5.82 Å². The highest BCUT2D eigenvalue weighted by atomic mass is 35.5. The van der Waals surface area contributed by atoms with E-state index in [0.29, 0.717) is 22.3 Å². The van der Waals surface area contributed by atoms with Crippen LogP contribution in [0.3, 0.4) is 0 Å². The van der Waals surface area contributed by atoms with E-state index >= 15 is 0 Å². The molecule has 6 heteroatoms. The summed E-state index contributed by atoms with van der Waals surface area (Å²) in [6, 6.07) is 3.64. The molecular weight excluding hydrogens is 278 g/mol. The zero-order chi connectivity index (χ0) is 14.3. The van der Waals surface area contributed by atoms with Crippen molar-refractivity contribution in [2.24, 2.45) is 0 Å². The summed E-state index contributed by atoms with van der Waals surface area (Å²) in [4.78, 5) is 9.02. The molecule has 0 aliphatic carbocycles. The molecule has 2 heterocycles. The highest BCUT2D eigenvalue weighted by Gasteiger charge is 2.20. The predicted octanol–water partition coefficient (Wildman–Crippen LogP) is 3.18. The van der Waals surface area contributed by atoms with Crippen LogP contribution in [-0.4, -0.2) is 23.8 Å². The van der Waals surface area contributed by atoms with Crippen molar-refractivity contribution in [3.8, 4) is 22.9 Å². The van der Waals surface area contributed by atoms with Crippen LogP contribution in [0.25, 0.3) is 11.4 Å². The second-order valence-corrected chi connectivity index (χ2v) is 4.96. The topological polar surface area (TPSA) is 56.3 Å². The van der Waals surface area contributed by atoms with Gasteiger partial charge in [-0.3, -0.25) is 0 Å². The normalized spacial score (nSPS) is 12.6. The molecule has 0 atom stereocenters. The Balaban J connectivity index is 2.14. The second-order valence-electron chi connectivity index (χ2n) is 4.55. The highest BCUT2D eigenvalue weighted by Crippen LogP contribution is 2.41. The van der Waals surface area contributed by atoms with Crippen molar-refractivity contribution in [3.63, 3.8) is 0 Å². The summed E-state index contributed by atoms with van der Waals surface area (Å²) >= 11 is 6.19. The summed E-state index contributed by atoms with van der Waals surface area (Å²) < 4.78 is 10.7. The number of hydrogen-bond acceptors (Lipinski definition) is 5. The SMILES string of the molecule is CNc1nc(-c2cc(Cl)c3c(c2)OCO3)nc(C)c1C. The maximum atomic E-state index is 6.19. The van der Waals surface area contributed by atoms with Gasteiger partial charge in [0.25, 0.3) is 0 Å². The molecule has 1 aliphatic heterocycles. The molecule has 0 unspecified atom stereocenters. The number of rotatable bonds is 2. The molecule has 5 nitrogen and oxygen atoms in total. The molecule has 0 spiro atoms. The molecule has 1 aliphatic rings. The van der Waals surface area contributed by atoms with Gasteiger partial charge in [0.2, 0.25) is 6.79 Å². The van der Waals surface area contributed by atoms with E-state index in [0.717, 1.165) is 22.6 Å². The summed E-state index contributed by atoms with van der Waals surface area (Å²) in [7, 11) is 1.84. The minimum Gasteiger partial charge on any atom is -0.454 e. The fourth-order valence-electron chi connectivity index (χ4n) is 2.10. The minimum absolute atomic E-state index is 0.189. The lowest BCUT2D eigenvalue weighted by atomic mass is 10.1. The van der Waals surface area contributed by atoms with Crippen molar-refractivity contribution < 1.29 is 9.47 Å². The van der Waals surface area contributed by atoms with Crippen LogP contribution < -0.4 is 14.8 Å². The number of benzene rings is 1. The Morgan fingerprint density at radius 3 is 2.75 bits per heavy atom. The monoisotopic (exact) mass is 291 g/mol. The van der Waals surface area contributed by atoms with E-state index in [-0.39, 0.29) is 6.79 Å². The first-order valence-electron chi connectivity index (χ1n) is 6.22. The number of aryl methyl sites for hydroxylation is 1. The Hall–Kier alpha value is -2.01. The van der Waals surface area contributed by atoms with Gasteiger partial charge in [-0.05, 0) is 26.0 Å². The number of ether oxygens (including phenoxy) is 2. The molecule has 0 saturated carbocycles. The molecule has 0 bridgehead atoms. The summed E-state index contributed by atoms with van der Waals surface area (Å²) in [5.74, 6) is 2.62. The van der Waals surface area contributed by atoms with Crippen LogP contribution in [0.15, 0.2) is 12.1 Å². The third-order valence-corrected chi connectivity index (χ3v) is 3.59. The van der Waals surface area contributed by atoms with Crippen molar-refractivity contribution in [1.82, 2.24) is 9.97 Å². The van der Waals surface area contributed by atoms with Gasteiger partial charge in [-0.1, -0.05) is 11.6 Å². The number of anilines is 1. The maximum Gasteiger partial charge on any atom is 0.231 e. The molecule has 104 valence electrons. The number of hydrogen-bond donors (Lipinski definition) is 1. The minimum atomic E-state index is 0.189. The molecule has 1 aromatic carbocycles. The molecule has 20 heavy (non-hydrogen) atoms. The Kier molecular flexibility index (Phi) is 3.14. The number of aromatic nitrogens is 2. The molecule has 0 amide bonds. The van der Waals surface area contributed by atoms with E-state index in [1.165, 1.54) is 0 Å². The van der Waals surface area contributed by atoms with Crippen LogP contribution in [0, 0.1) is 13.8 Å². The standard InChI is InChI=1S/C14H14ClN3O2/c1-7-8(2)17-14(18-13(7)16-3)9-4-10(15)12-11(5-9)19-6-20-12/h4-5H,6H2,1-3H3,(H,16,17,18). The molecule has 1 aromatic heterocycles. The second kappa shape index (κ2) is 4.83. The Labute approximate surface area is 121 Å². The number of nitrogens with one attached hydrogen (secondary N) is 1. The molecule has 3 rings (SSSR count). The quantitative estimate of drug-likeness (QED) is 0.921. The van der Waals surface area contributed by atoms with Crippen LogP contribution in [0.2, 0.25) is 5.02 Å². The van der Waals surface area contributed by atoms with Gasteiger partial charge in [-0.2, -0.15) is 0 Å². The number of nitrogens with zero attached hydrogens (tertiary/aromatic N) is 2. The van der Waals surface area contributed by atoms with Gasteiger partial charge in [0, 0.05) is 23.9 Å². The van der Waals surface area contributed by atoms with Gasteiger partial charge < -0.3 is 14.8 Å². The summed E-state index contributed by atoms with van der Waals surface area (Å²) in [5.41, 5.74) is 2.76. The molecule has 1 N–H and O–H groups in total. The van der Waals surface area contributed by atoms with E-state index in [2.05, 4.69) is 15.3 Å². The van der Waals surface area contributed by atoms with Gasteiger partial charge in [-0.25, -0.2) is 9.97 Å². The van der Waals surface area contributed by atoms with Crippen LogP contribution in [0.4, 0.5) is 5.82 Å². The van der Waals surface area contributed by atoms with Gasteiger partial charge >= 0.3 is 0 Å². The first-order valence-corrected chi connectivity index (χ1v) is 6.60. The number of halogens is 1. The van der Waals surface area contributed by atoms with Gasteiger partial charge in [0.05, 0.1) is 5.02 Å². The van der Waals surface area contributed by atoms with Crippen molar-refractivity contribution >= 4 is 17.4 Å². The van der Waals surface area contributed by atoms with Crippen LogP contribution >= 0.6 is 11.6 Å². The Bertz CT molecular complexity index is 680. The largest absolute Gasteiger partial charge is 0.454 e. The maximum absolute atomic E-state index is 6.19. The molecular formula is C14H14ClN3O2. The molecule has 0 radical (unpaired) electrons. The first-order chi connectivity index (χ1) is 9.60. The van der Waals surface area contributed by atoms with E-state index < -0.39 is 0 Å². The lowest BCUT2D eigenvalue weighted by Gasteiger charge is -2.10. The number of fused-ring (bicyclic) bond motifs is 1. The Morgan fingerprint density at radius 2 is 2.00 bits per heavy atom. The fraction of sp³-hybridized carbons (Fsp3) is 0.286. The van der Waals surface area contributed by atoms with Crippen LogP contribution in [0.5, 0.6) is 11.5 Å². The molecule has 2 aromatic rings. The van der Waals surface area contributed by atoms with E-state index in [4.69, 9.17) is 21.1 Å². The summed E-state index contributed by atoms with van der Waals surface area (Å²) in [5, 5.41) is 3.58. The van der Waals surface area contributed by atoms with Gasteiger partial charge in [0.15, 0.2) is 17.3 Å². The molecule has 0 saturated heterocycles. The highest BCUT2D eigenvalue weighted by molar-refractivity contribution is 6.32. The van der Waals surface area contributed by atoms with Crippen LogP contribution in [0.1, 0.15) is 11.3 Å². The third kappa shape index (κ3) is 2.04. The Morgan fingerprint density at radius 1 is 1.20 bits per heavy atom. The van der Waals surface area contributed by atoms with Crippen molar-refractivity contribution in [1.29, 1.82) is 0 Å². The van der Waals surface area contributed by atoms with E-state index in [1.54, 1.807) is 6.07 Å². The molecule has 0 fully saturated rings. The third-order valence-electron chi connectivity index (χ3n) is 3.31. The lowest BCUT2D eigenvalue weighted by molar-refractivity contribution is 0.174. The van der Waals surface area contributed by atoms with Gasteiger partial charge in [-0.15, -0.1) is 0 Å². The summed E-state index contributed by atoms with van der Waals surface area (Å²) in [6.07, 6.45) is 0. The van der Waals surface area contributed by atoms with E-state index in [1.807, 2.05) is 27.0 Å². The van der Waals surface area contributed by atoms with Crippen molar-refractivity contribution in [2.75, 3.05) is 19.2 Å².